The van der Waals surface area contributed by atoms with Crippen LogP contribution in [0, 0.1) is 11.8 Å². The molecule has 0 unspecified atom stereocenters. The van der Waals surface area contributed by atoms with Crippen LogP contribution < -0.4 is 0 Å². The highest BCUT2D eigenvalue weighted by molar-refractivity contribution is 7.13. The number of aliphatic hydroxyl groups is 1. The topological polar surface area (TPSA) is 57.5 Å². The van der Waals surface area contributed by atoms with Crippen molar-refractivity contribution in [1.82, 2.24) is 0 Å². The number of carboxylic acid groups (broad SMARTS) is 1. The summed E-state index contributed by atoms with van der Waals surface area (Å²) in [5, 5.41) is 19.5. The Balaban J connectivity index is 1.74. The fourth-order valence-electron chi connectivity index (χ4n) is 4.17. The maximum atomic E-state index is 11.0. The van der Waals surface area contributed by atoms with E-state index in [-0.39, 0.29) is 17.4 Å². The minimum atomic E-state index is -0.855. The van der Waals surface area contributed by atoms with Crippen molar-refractivity contribution < 1.29 is 15.0 Å². The first-order valence-electron chi connectivity index (χ1n) is 10.8. The van der Waals surface area contributed by atoms with Crippen LogP contribution in [-0.4, -0.2) is 27.7 Å². The number of alkyl halides is 1. The normalized spacial score (nSPS) is 25.0. The van der Waals surface area contributed by atoms with Gasteiger partial charge in [0, 0.05) is 16.2 Å². The number of aryl methyl sites for hydroxylation is 1. The number of hydrogen-bond acceptors (Lipinski definition) is 3. The number of unbranched alkanes of at least 4 members (excludes halogenated alkanes) is 6. The van der Waals surface area contributed by atoms with Gasteiger partial charge >= 0.3 is 5.97 Å². The third-order valence-corrected chi connectivity index (χ3v) is 7.42. The Hall–Kier alpha value is -0.840. The van der Waals surface area contributed by atoms with Gasteiger partial charge in [0.15, 0.2) is 0 Å². The molecule has 3 nitrogen and oxygen atoms in total. The molecule has 1 heterocycles. The number of hydrogen-bond donors (Lipinski definition) is 2. The molecule has 2 rings (SSSR count). The van der Waals surface area contributed by atoms with Gasteiger partial charge in [0.1, 0.15) is 4.88 Å². The Morgan fingerprint density at radius 1 is 1.21 bits per heavy atom. The molecule has 0 aliphatic heterocycles. The molecular formula is C23H35ClO3S. The Morgan fingerprint density at radius 3 is 2.68 bits per heavy atom. The number of thiophene rings is 1. The lowest BCUT2D eigenvalue weighted by molar-refractivity contribution is 0.0702. The summed E-state index contributed by atoms with van der Waals surface area (Å²) in [7, 11) is 0. The van der Waals surface area contributed by atoms with Crippen molar-refractivity contribution in [2.45, 2.75) is 89.0 Å². The molecule has 1 fully saturated rings. The van der Waals surface area contributed by atoms with Gasteiger partial charge in [-0.2, -0.15) is 0 Å². The van der Waals surface area contributed by atoms with Crippen molar-refractivity contribution in [3.8, 4) is 0 Å². The molecule has 1 aliphatic carbocycles. The molecule has 0 bridgehead atoms. The largest absolute Gasteiger partial charge is 0.477 e. The van der Waals surface area contributed by atoms with Gasteiger partial charge in [-0.15, -0.1) is 22.9 Å². The Bertz CT molecular complexity index is 613. The summed E-state index contributed by atoms with van der Waals surface area (Å²) in [5.41, 5.74) is 0. The SMILES string of the molecule is CCCCCCCCC=C[C@H]1[C@@H](CCCc2ccc(C(=O)O)s2)[C@@H](Cl)C[C@H]1O. The van der Waals surface area contributed by atoms with E-state index in [1.165, 1.54) is 49.9 Å². The molecule has 2 N–H and O–H groups in total. The highest BCUT2D eigenvalue weighted by atomic mass is 35.5. The molecule has 1 aromatic rings. The van der Waals surface area contributed by atoms with Crippen LogP contribution in [0.1, 0.15) is 85.7 Å². The Morgan fingerprint density at radius 2 is 1.96 bits per heavy atom. The third kappa shape index (κ3) is 7.53. The van der Waals surface area contributed by atoms with Crippen LogP contribution in [0.2, 0.25) is 0 Å². The van der Waals surface area contributed by atoms with Gasteiger partial charge in [0.2, 0.25) is 0 Å². The van der Waals surface area contributed by atoms with Crippen molar-refractivity contribution in [3.63, 3.8) is 0 Å². The quantitative estimate of drug-likeness (QED) is 0.210. The van der Waals surface area contributed by atoms with Crippen molar-refractivity contribution in [2.24, 2.45) is 11.8 Å². The van der Waals surface area contributed by atoms with E-state index in [9.17, 15) is 9.90 Å². The fourth-order valence-corrected chi connectivity index (χ4v) is 5.53. The number of aromatic carboxylic acids is 1. The molecule has 158 valence electrons. The zero-order valence-corrected chi connectivity index (χ0v) is 18.6. The van der Waals surface area contributed by atoms with Crippen LogP contribution in [0.25, 0.3) is 0 Å². The average Bonchev–Trinajstić information content (AvgIpc) is 3.23. The third-order valence-electron chi connectivity index (χ3n) is 5.79. The maximum absolute atomic E-state index is 11.0. The second-order valence-electron chi connectivity index (χ2n) is 8.01. The van der Waals surface area contributed by atoms with Gasteiger partial charge in [-0.1, -0.05) is 51.2 Å². The number of halogens is 1. The fraction of sp³-hybridized carbons (Fsp3) is 0.696. The molecule has 5 heteroatoms. The number of carboxylic acids is 1. The first-order valence-corrected chi connectivity index (χ1v) is 12.1. The molecule has 0 spiro atoms. The second-order valence-corrected chi connectivity index (χ2v) is 9.74. The van der Waals surface area contributed by atoms with Crippen molar-refractivity contribution in [1.29, 1.82) is 0 Å². The lowest BCUT2D eigenvalue weighted by Crippen LogP contribution is -2.18. The van der Waals surface area contributed by atoms with E-state index >= 15 is 0 Å². The van der Waals surface area contributed by atoms with Gasteiger partial charge in [-0.25, -0.2) is 4.79 Å². The van der Waals surface area contributed by atoms with E-state index in [1.54, 1.807) is 6.07 Å². The second kappa shape index (κ2) is 12.7. The van der Waals surface area contributed by atoms with E-state index in [0.717, 1.165) is 30.6 Å². The zero-order valence-electron chi connectivity index (χ0n) is 17.0. The first kappa shape index (κ1) is 23.4. The van der Waals surface area contributed by atoms with E-state index in [2.05, 4.69) is 19.1 Å². The van der Waals surface area contributed by atoms with Crippen molar-refractivity contribution >= 4 is 28.9 Å². The molecule has 0 aromatic carbocycles. The summed E-state index contributed by atoms with van der Waals surface area (Å²) >= 11 is 7.89. The number of allylic oxidation sites excluding steroid dienone is 1. The van der Waals surface area contributed by atoms with Gasteiger partial charge in [-0.3, -0.25) is 0 Å². The van der Waals surface area contributed by atoms with E-state index in [4.69, 9.17) is 16.7 Å². The van der Waals surface area contributed by atoms with Gasteiger partial charge < -0.3 is 10.2 Å². The molecule has 0 saturated heterocycles. The number of aliphatic hydroxyl groups excluding tert-OH is 1. The van der Waals surface area contributed by atoms with Crippen LogP contribution >= 0.6 is 22.9 Å². The minimum absolute atomic E-state index is 0.0246. The zero-order chi connectivity index (χ0) is 20.4. The summed E-state index contributed by atoms with van der Waals surface area (Å²) in [6, 6.07) is 3.59. The smallest absolute Gasteiger partial charge is 0.345 e. The van der Waals surface area contributed by atoms with E-state index < -0.39 is 5.97 Å². The maximum Gasteiger partial charge on any atom is 0.345 e. The summed E-state index contributed by atoms with van der Waals surface area (Å²) in [6.45, 7) is 2.24. The van der Waals surface area contributed by atoms with Gasteiger partial charge in [0.05, 0.1) is 6.10 Å². The van der Waals surface area contributed by atoms with E-state index in [0.29, 0.717) is 17.2 Å². The lowest BCUT2D eigenvalue weighted by Gasteiger charge is -2.20. The monoisotopic (exact) mass is 426 g/mol. The summed E-state index contributed by atoms with van der Waals surface area (Å²) in [5.74, 6) is -0.400. The van der Waals surface area contributed by atoms with Crippen LogP contribution in [0.15, 0.2) is 24.3 Å². The van der Waals surface area contributed by atoms with Gasteiger partial charge in [-0.05, 0) is 56.6 Å². The highest BCUT2D eigenvalue weighted by Gasteiger charge is 2.39. The molecule has 0 radical (unpaired) electrons. The number of carbonyl (C=O) groups is 1. The molecule has 1 aromatic heterocycles. The lowest BCUT2D eigenvalue weighted by atomic mass is 9.89. The molecule has 1 saturated carbocycles. The summed E-state index contributed by atoms with van der Waals surface area (Å²) in [6.07, 6.45) is 16.5. The molecule has 0 amide bonds. The first-order chi connectivity index (χ1) is 13.5. The van der Waals surface area contributed by atoms with Crippen LogP contribution in [0.3, 0.4) is 0 Å². The molecule has 1 aliphatic rings. The predicted molar refractivity (Wildman–Crippen MR) is 119 cm³/mol. The van der Waals surface area contributed by atoms with E-state index in [1.807, 2.05) is 6.07 Å². The minimum Gasteiger partial charge on any atom is -0.477 e. The van der Waals surface area contributed by atoms with Gasteiger partial charge in [0.25, 0.3) is 0 Å². The summed E-state index contributed by atoms with van der Waals surface area (Å²) in [4.78, 5) is 12.5. The van der Waals surface area contributed by atoms with Crippen LogP contribution in [-0.2, 0) is 6.42 Å². The molecular weight excluding hydrogens is 392 g/mol. The average molecular weight is 427 g/mol. The molecule has 28 heavy (non-hydrogen) atoms. The highest BCUT2D eigenvalue weighted by Crippen LogP contribution is 2.40. The standard InChI is InChI=1S/C23H35ClO3S/c1-2-3-4-5-6-7-8-9-12-19-18(20(24)16-21(19)25)13-10-11-17-14-15-22(28-17)23(26)27/h9,12,14-15,18-21,25H,2-8,10-11,13,16H2,1H3,(H,26,27)/t18-,19+,20+,21-/m1/s1. The Kier molecular flexibility index (Phi) is 10.6. The Labute approximate surface area is 178 Å². The van der Waals surface area contributed by atoms with Crippen LogP contribution in [0.5, 0.6) is 0 Å². The van der Waals surface area contributed by atoms with Crippen molar-refractivity contribution in [2.75, 3.05) is 0 Å². The van der Waals surface area contributed by atoms with Crippen molar-refractivity contribution in [3.05, 3.63) is 34.0 Å². The number of rotatable bonds is 13. The van der Waals surface area contributed by atoms with Crippen LogP contribution in [0.4, 0.5) is 0 Å². The summed E-state index contributed by atoms with van der Waals surface area (Å²) < 4.78 is 0. The predicted octanol–water partition coefficient (Wildman–Crippen LogP) is 6.68. The molecule has 4 atom stereocenters.